The molecule has 3 aliphatic rings. The first-order valence-corrected chi connectivity index (χ1v) is 6.72. The van der Waals surface area contributed by atoms with Crippen molar-refractivity contribution in [2.24, 2.45) is 5.89 Å². The highest BCUT2D eigenvalue weighted by atomic mass is 15.3. The Morgan fingerprint density at radius 1 is 1.52 bits per heavy atom. The lowest BCUT2D eigenvalue weighted by Crippen LogP contribution is -2.17. The number of nitrogens with one attached hydrogen (secondary N) is 1. The van der Waals surface area contributed by atoms with Gasteiger partial charge in [0.05, 0.1) is 39.5 Å². The van der Waals surface area contributed by atoms with E-state index in [4.69, 9.17) is 16.4 Å². The van der Waals surface area contributed by atoms with Gasteiger partial charge in [0.1, 0.15) is 1.37 Å². The predicted octanol–water partition coefficient (Wildman–Crippen LogP) is 3.42. The number of fused-ring (bicyclic) bond motifs is 1. The largest absolute Gasteiger partial charge is 0.345 e. The minimum atomic E-state index is -3.42. The summed E-state index contributed by atoms with van der Waals surface area (Å²) < 4.78 is 98.9. The van der Waals surface area contributed by atoms with Crippen LogP contribution in [-0.2, 0) is 0 Å². The van der Waals surface area contributed by atoms with Crippen LogP contribution in [0, 0.1) is 17.2 Å². The predicted molar refractivity (Wildman–Crippen MR) is 85.5 cm³/mol. The Morgan fingerprint density at radius 3 is 3.22 bits per heavy atom. The van der Waals surface area contributed by atoms with Crippen LogP contribution in [0.15, 0.2) is 30.9 Å². The molecule has 3 heterocycles. The standard InChI is InChI=1S/C17H18N6/c18-7-5-15(12-3-1-2-4-12)23-10-13(9-22-23)16-14-6-8-19-17(14)21-11-20-16/h6,8-12,15H,1-5H2,(H,19,20,21)/t15-/m1/s1/i1D2,2D2,3D2,4D2,6D,8D,11D,12D. The fraction of sp³-hybridized carbons (Fsp3) is 0.412. The SMILES string of the molecule is [2H]c1nc2nc([2H])c([2H])c-2c(-c2cnn([C@H](CC#N)C3([2H])C([2H])([2H])C([2H])([2H])C([2H])([2H])C3([2H])[2H])c2)[nH]1. The fourth-order valence-corrected chi connectivity index (χ4v) is 2.37. The van der Waals surface area contributed by atoms with E-state index in [1.165, 1.54) is 12.4 Å². The van der Waals surface area contributed by atoms with E-state index in [-0.39, 0.29) is 41.2 Å². The summed E-state index contributed by atoms with van der Waals surface area (Å²) in [5.41, 5.74) is 0.339. The molecule has 0 spiro atoms. The summed E-state index contributed by atoms with van der Waals surface area (Å²) >= 11 is 0. The molecule has 0 radical (unpaired) electrons. The van der Waals surface area contributed by atoms with Crippen molar-refractivity contribution in [1.29, 1.82) is 5.26 Å². The van der Waals surface area contributed by atoms with Crippen LogP contribution in [0.1, 0.15) is 54.4 Å². The van der Waals surface area contributed by atoms with Gasteiger partial charge < -0.3 is 4.98 Å². The molecule has 1 aromatic rings. The van der Waals surface area contributed by atoms with Gasteiger partial charge in [0.2, 0.25) is 0 Å². The summed E-state index contributed by atoms with van der Waals surface area (Å²) in [5, 5.41) is 13.5. The van der Waals surface area contributed by atoms with Crippen molar-refractivity contribution >= 4 is 0 Å². The first-order chi connectivity index (χ1) is 16.0. The van der Waals surface area contributed by atoms with E-state index in [1.807, 2.05) is 0 Å². The van der Waals surface area contributed by atoms with Gasteiger partial charge in [-0.1, -0.05) is 12.7 Å². The highest BCUT2D eigenvalue weighted by molar-refractivity contribution is 5.77. The molecule has 23 heavy (non-hydrogen) atoms. The van der Waals surface area contributed by atoms with E-state index >= 15 is 0 Å². The molecule has 4 rings (SSSR count). The highest BCUT2D eigenvalue weighted by Gasteiger charge is 2.27. The number of nitriles is 1. The molecule has 0 saturated heterocycles. The van der Waals surface area contributed by atoms with E-state index in [9.17, 15) is 5.26 Å². The van der Waals surface area contributed by atoms with Crippen LogP contribution in [0.2, 0.25) is 0 Å². The molecule has 1 N–H and O–H groups in total. The van der Waals surface area contributed by atoms with Gasteiger partial charge in [0.15, 0.2) is 5.82 Å². The van der Waals surface area contributed by atoms with Crippen LogP contribution >= 0.6 is 0 Å². The number of aromatic amines is 1. The van der Waals surface area contributed by atoms with Gasteiger partial charge in [0.25, 0.3) is 0 Å². The first kappa shape index (κ1) is 6.08. The third kappa shape index (κ3) is 2.48. The van der Waals surface area contributed by atoms with E-state index in [0.29, 0.717) is 0 Å². The van der Waals surface area contributed by atoms with Crippen molar-refractivity contribution in [2.75, 3.05) is 0 Å². The van der Waals surface area contributed by atoms with Gasteiger partial charge >= 0.3 is 0 Å². The zero-order valence-electron chi connectivity index (χ0n) is 23.7. The number of hydrogen-bond donors (Lipinski definition) is 1. The van der Waals surface area contributed by atoms with Gasteiger partial charge in [-0.15, -0.1) is 0 Å². The lowest BCUT2D eigenvalue weighted by Gasteiger charge is -2.21. The fourth-order valence-electron chi connectivity index (χ4n) is 2.37. The van der Waals surface area contributed by atoms with Crippen molar-refractivity contribution < 1.29 is 16.4 Å². The van der Waals surface area contributed by atoms with Crippen molar-refractivity contribution in [1.82, 2.24) is 24.7 Å². The molecule has 0 aromatic carbocycles. The molecule has 116 valence electrons. The summed E-state index contributed by atoms with van der Waals surface area (Å²) in [6.07, 6.45) is -12.7. The Labute approximate surface area is 151 Å². The van der Waals surface area contributed by atoms with E-state index in [1.54, 1.807) is 6.07 Å². The molecule has 0 unspecified atom stereocenters. The second-order valence-electron chi connectivity index (χ2n) is 4.77. The highest BCUT2D eigenvalue weighted by Crippen LogP contribution is 2.37. The summed E-state index contributed by atoms with van der Waals surface area (Å²) in [4.78, 5) is 10.3. The third-order valence-electron chi connectivity index (χ3n) is 3.44. The number of H-pyrrole nitrogens is 1. The first-order valence-electron chi connectivity index (χ1n) is 12.7. The molecule has 1 saturated carbocycles. The maximum atomic E-state index is 9.41. The molecule has 1 aromatic heterocycles. The number of nitrogens with zero attached hydrogens (tertiary/aromatic N) is 5. The van der Waals surface area contributed by atoms with Gasteiger partial charge in [-0.3, -0.25) is 4.68 Å². The van der Waals surface area contributed by atoms with Gasteiger partial charge in [0, 0.05) is 35.8 Å². The number of hydrogen-bond acceptors (Lipinski definition) is 4. The van der Waals surface area contributed by atoms with E-state index in [2.05, 4.69) is 20.1 Å². The summed E-state index contributed by atoms with van der Waals surface area (Å²) in [6, 6.07) is -0.334. The zero-order chi connectivity index (χ0) is 26.4. The van der Waals surface area contributed by atoms with Gasteiger partial charge in [-0.25, -0.2) is 9.97 Å². The number of aromatic nitrogens is 5. The summed E-state index contributed by atoms with van der Waals surface area (Å²) in [7, 11) is 0. The second-order valence-corrected chi connectivity index (χ2v) is 4.77. The Bertz CT molecular complexity index is 1300. The van der Waals surface area contributed by atoms with Crippen molar-refractivity contribution in [3.63, 3.8) is 0 Å². The van der Waals surface area contributed by atoms with Crippen LogP contribution in [0.5, 0.6) is 0 Å². The molecular formula is C17H18N6. The number of rotatable bonds is 4. The second kappa shape index (κ2) is 5.84. The van der Waals surface area contributed by atoms with Crippen molar-refractivity contribution in [2.45, 2.75) is 38.0 Å². The van der Waals surface area contributed by atoms with Crippen LogP contribution in [0.3, 0.4) is 0 Å². The Morgan fingerprint density at radius 2 is 2.39 bits per heavy atom. The smallest absolute Gasteiger partial charge is 0.162 e. The zero-order valence-corrected chi connectivity index (χ0v) is 11.7. The van der Waals surface area contributed by atoms with Crippen LogP contribution in [0.4, 0.5) is 0 Å². The molecule has 0 amide bonds. The van der Waals surface area contributed by atoms with Crippen molar-refractivity contribution in [3.8, 4) is 28.7 Å². The van der Waals surface area contributed by atoms with E-state index in [0.717, 1.165) is 4.68 Å². The molecular weight excluding hydrogens is 288 g/mol. The summed E-state index contributed by atoms with van der Waals surface area (Å²) in [6.45, 7) is 0. The van der Waals surface area contributed by atoms with Crippen molar-refractivity contribution in [3.05, 3.63) is 30.9 Å². The lowest BCUT2D eigenvalue weighted by molar-refractivity contribution is 0.315. The normalized spacial score (nSPS) is 34.4. The quantitative estimate of drug-likeness (QED) is 0.799. The molecule has 6 nitrogen and oxygen atoms in total. The van der Waals surface area contributed by atoms with Crippen LogP contribution in [-0.4, -0.2) is 24.7 Å². The average molecular weight is 318 g/mol. The van der Waals surface area contributed by atoms with E-state index < -0.39 is 43.8 Å². The molecule has 0 bridgehead atoms. The van der Waals surface area contributed by atoms with Gasteiger partial charge in [-0.05, 0) is 24.7 Å². The minimum absolute atomic E-state index is 0.0538. The molecule has 2 aliphatic heterocycles. The monoisotopic (exact) mass is 318 g/mol. The minimum Gasteiger partial charge on any atom is -0.345 e. The molecule has 1 fully saturated rings. The molecule has 6 heteroatoms. The maximum Gasteiger partial charge on any atom is 0.162 e. The topological polar surface area (TPSA) is 83.2 Å². The Balaban J connectivity index is 1.91. The van der Waals surface area contributed by atoms with Gasteiger partial charge in [-0.2, -0.15) is 10.4 Å². The Hall–Kier alpha value is -2.68. The molecule has 1 atom stereocenters. The maximum absolute atomic E-state index is 9.41. The van der Waals surface area contributed by atoms with Crippen LogP contribution in [0.25, 0.3) is 22.6 Å². The average Bonchev–Trinajstić information content (AvgIpc) is 3.35. The molecule has 1 aliphatic carbocycles. The summed E-state index contributed by atoms with van der Waals surface area (Å²) in [5.74, 6) is -3.19. The lowest BCUT2D eigenvalue weighted by atomic mass is 9.96. The Kier molecular flexibility index (Phi) is 1.54. The third-order valence-corrected chi connectivity index (χ3v) is 3.44. The van der Waals surface area contributed by atoms with Crippen LogP contribution < -0.4 is 0 Å².